The third kappa shape index (κ3) is 17.4. The Labute approximate surface area is 184 Å². The predicted octanol–water partition coefficient (Wildman–Crippen LogP) is 9.33. The molecule has 0 aromatic rings. The lowest BCUT2D eigenvalue weighted by Crippen LogP contribution is -2.36. The second-order valence-corrected chi connectivity index (χ2v) is 17.7. The van der Waals surface area contributed by atoms with Crippen LogP contribution in [0.2, 0.25) is 24.2 Å². The van der Waals surface area contributed by atoms with Gasteiger partial charge in [-0.3, -0.25) is 0 Å². The Bertz CT molecular complexity index is 336. The fourth-order valence-corrected chi connectivity index (χ4v) is 6.07. The van der Waals surface area contributed by atoms with Gasteiger partial charge in [-0.05, 0) is 31.1 Å². The second kappa shape index (κ2) is 17.2. The highest BCUT2D eigenvalue weighted by molar-refractivity contribution is 7.99. The second-order valence-electron chi connectivity index (χ2n) is 10.7. The lowest BCUT2D eigenvalue weighted by molar-refractivity contribution is 0.0920. The third-order valence-electron chi connectivity index (χ3n) is 6.55. The van der Waals surface area contributed by atoms with E-state index in [4.69, 9.17) is 4.74 Å². The Morgan fingerprint density at radius 3 is 1.54 bits per heavy atom. The van der Waals surface area contributed by atoms with Crippen molar-refractivity contribution in [2.75, 3.05) is 18.1 Å². The van der Waals surface area contributed by atoms with Gasteiger partial charge in [0, 0.05) is 5.75 Å². The van der Waals surface area contributed by atoms with E-state index in [2.05, 4.69) is 59.5 Å². The van der Waals surface area contributed by atoms with Gasteiger partial charge in [0.15, 0.2) is 0 Å². The van der Waals surface area contributed by atoms with Crippen LogP contribution in [0.25, 0.3) is 0 Å². The van der Waals surface area contributed by atoms with E-state index in [1.54, 1.807) is 0 Å². The van der Waals surface area contributed by atoms with Crippen molar-refractivity contribution in [3.05, 3.63) is 0 Å². The molecule has 28 heavy (non-hydrogen) atoms. The molecule has 0 amide bonds. The molecule has 0 aromatic heterocycles. The third-order valence-corrected chi connectivity index (χ3v) is 13.2. The van der Waals surface area contributed by atoms with Gasteiger partial charge in [-0.2, -0.15) is 11.8 Å². The quantitative estimate of drug-likeness (QED) is 0.149. The van der Waals surface area contributed by atoms with Crippen LogP contribution in [0.5, 0.6) is 0 Å². The van der Waals surface area contributed by atoms with Crippen LogP contribution >= 0.6 is 11.8 Å². The molecule has 0 spiro atoms. The summed E-state index contributed by atoms with van der Waals surface area (Å²) in [5.74, 6) is 2.48. The van der Waals surface area contributed by atoms with Crippen molar-refractivity contribution in [1.82, 2.24) is 0 Å². The van der Waals surface area contributed by atoms with Gasteiger partial charge in [0.1, 0.15) is 0 Å². The van der Waals surface area contributed by atoms with E-state index in [0.717, 1.165) is 12.4 Å². The van der Waals surface area contributed by atoms with Crippen LogP contribution < -0.4 is 0 Å². The molecular weight excluding hydrogens is 376 g/mol. The Balaban J connectivity index is 3.20. The minimum atomic E-state index is -1.02. The number of rotatable bonds is 19. The summed E-state index contributed by atoms with van der Waals surface area (Å²) in [6.45, 7) is 17.6. The molecule has 0 saturated heterocycles. The molecule has 0 aliphatic rings. The van der Waals surface area contributed by atoms with Gasteiger partial charge >= 0.3 is 0 Å². The molecule has 0 atom stereocenters. The summed E-state index contributed by atoms with van der Waals surface area (Å²) < 4.78 is 5.57. The lowest BCUT2D eigenvalue weighted by atomic mass is 10.1. The molecule has 0 rings (SSSR count). The van der Waals surface area contributed by atoms with E-state index in [-0.39, 0.29) is 0 Å². The molecule has 0 heterocycles. The van der Waals surface area contributed by atoms with E-state index in [1.807, 2.05) is 0 Å². The number of hydrogen-bond donors (Lipinski definition) is 0. The summed E-state index contributed by atoms with van der Waals surface area (Å²) >= 11 is 2.06. The number of hydrogen-bond acceptors (Lipinski definition) is 2. The molecule has 0 N–H and O–H groups in total. The van der Waals surface area contributed by atoms with Crippen LogP contribution in [0, 0.1) is 0 Å². The fourth-order valence-electron chi connectivity index (χ4n) is 3.36. The molecule has 0 unspecified atom stereocenters. The molecule has 0 aromatic carbocycles. The Morgan fingerprint density at radius 2 is 1.11 bits per heavy atom. The molecule has 0 saturated carbocycles. The van der Waals surface area contributed by atoms with E-state index in [9.17, 15) is 0 Å². The maximum Gasteiger partial charge on any atom is 0.0560 e. The summed E-state index contributed by atoms with van der Waals surface area (Å²) in [7, 11) is -1.02. The minimum absolute atomic E-state index is 0.382. The standard InChI is InChI=1S/C25H54OSSi/c1-24(2)26-20-22-27-21-18-16-14-12-10-8-9-11-13-15-17-19-23-28(6,7)25(3,4)5/h24H,8-23H2,1-7H3. The van der Waals surface area contributed by atoms with Crippen LogP contribution in [-0.4, -0.2) is 32.3 Å². The number of thioether (sulfide) groups is 1. The van der Waals surface area contributed by atoms with Gasteiger partial charge in [-0.1, -0.05) is 111 Å². The molecule has 0 radical (unpaired) electrons. The first kappa shape index (κ1) is 28.5. The van der Waals surface area contributed by atoms with Crippen molar-refractivity contribution in [3.63, 3.8) is 0 Å². The SMILES string of the molecule is CC(C)OCCSCCCCCCCCCCCCCC[Si](C)(C)C(C)(C)C. The molecule has 0 bridgehead atoms. The van der Waals surface area contributed by atoms with Gasteiger partial charge in [0.2, 0.25) is 0 Å². The van der Waals surface area contributed by atoms with Crippen molar-refractivity contribution >= 4 is 19.8 Å². The normalized spacial score (nSPS) is 12.9. The summed E-state index contributed by atoms with van der Waals surface area (Å²) in [6.07, 6.45) is 17.8. The lowest BCUT2D eigenvalue weighted by Gasteiger charge is -2.37. The maximum absolute atomic E-state index is 5.57. The van der Waals surface area contributed by atoms with Crippen LogP contribution in [0.1, 0.15) is 112 Å². The van der Waals surface area contributed by atoms with Gasteiger partial charge in [-0.15, -0.1) is 0 Å². The number of ether oxygens (including phenoxy) is 1. The molecular formula is C25H54OSSi. The zero-order valence-electron chi connectivity index (χ0n) is 20.7. The molecule has 0 aliphatic carbocycles. The van der Waals surface area contributed by atoms with Gasteiger partial charge < -0.3 is 4.74 Å². The molecule has 0 fully saturated rings. The van der Waals surface area contributed by atoms with E-state index >= 15 is 0 Å². The van der Waals surface area contributed by atoms with Crippen molar-refractivity contribution in [1.29, 1.82) is 0 Å². The van der Waals surface area contributed by atoms with Gasteiger partial charge in [-0.25, -0.2) is 0 Å². The first-order valence-corrected chi connectivity index (χ1v) is 16.7. The number of unbranched alkanes of at least 4 members (excludes halogenated alkanes) is 11. The monoisotopic (exact) mass is 430 g/mol. The first-order chi connectivity index (χ1) is 13.2. The fraction of sp³-hybridized carbons (Fsp3) is 1.00. The molecule has 3 heteroatoms. The average Bonchev–Trinajstić information content (AvgIpc) is 2.59. The smallest absolute Gasteiger partial charge is 0.0560 e. The topological polar surface area (TPSA) is 9.23 Å². The minimum Gasteiger partial charge on any atom is -0.378 e. The Hall–Kier alpha value is 0.527. The predicted molar refractivity (Wildman–Crippen MR) is 136 cm³/mol. The van der Waals surface area contributed by atoms with Crippen LogP contribution in [0.3, 0.4) is 0 Å². The maximum atomic E-state index is 5.57. The molecule has 0 aliphatic heterocycles. The highest BCUT2D eigenvalue weighted by Gasteiger charge is 2.33. The Morgan fingerprint density at radius 1 is 0.679 bits per heavy atom. The average molecular weight is 431 g/mol. The zero-order valence-corrected chi connectivity index (χ0v) is 22.5. The van der Waals surface area contributed by atoms with E-state index in [0.29, 0.717) is 11.1 Å². The first-order valence-electron chi connectivity index (χ1n) is 12.4. The highest BCUT2D eigenvalue weighted by Crippen LogP contribution is 2.39. The summed E-state index contributed by atoms with van der Waals surface area (Å²) in [4.78, 5) is 0. The van der Waals surface area contributed by atoms with E-state index < -0.39 is 8.07 Å². The zero-order chi connectivity index (χ0) is 21.3. The van der Waals surface area contributed by atoms with Gasteiger partial charge in [0.25, 0.3) is 0 Å². The summed E-state index contributed by atoms with van der Waals surface area (Å²) in [5.41, 5.74) is 0. The van der Waals surface area contributed by atoms with Crippen LogP contribution in [-0.2, 0) is 4.74 Å². The summed E-state index contributed by atoms with van der Waals surface area (Å²) in [6, 6.07) is 1.51. The van der Waals surface area contributed by atoms with Crippen LogP contribution in [0.15, 0.2) is 0 Å². The van der Waals surface area contributed by atoms with Crippen molar-refractivity contribution in [3.8, 4) is 0 Å². The van der Waals surface area contributed by atoms with E-state index in [1.165, 1.54) is 88.8 Å². The van der Waals surface area contributed by atoms with Crippen molar-refractivity contribution in [2.45, 2.75) is 142 Å². The largest absolute Gasteiger partial charge is 0.378 e. The highest BCUT2D eigenvalue weighted by atomic mass is 32.2. The molecule has 1 nitrogen and oxygen atoms in total. The Kier molecular flexibility index (Phi) is 17.6. The van der Waals surface area contributed by atoms with Crippen molar-refractivity contribution in [2.24, 2.45) is 0 Å². The molecule has 170 valence electrons. The van der Waals surface area contributed by atoms with Crippen molar-refractivity contribution < 1.29 is 4.74 Å². The summed E-state index contributed by atoms with van der Waals surface area (Å²) in [5, 5.41) is 0.564. The van der Waals surface area contributed by atoms with Gasteiger partial charge in [0.05, 0.1) is 20.8 Å². The van der Waals surface area contributed by atoms with Crippen LogP contribution in [0.4, 0.5) is 0 Å².